The minimum atomic E-state index is -0.600. The van der Waals surface area contributed by atoms with Gasteiger partial charge >= 0.3 is 0 Å². The third-order valence-corrected chi connectivity index (χ3v) is 9.59. The van der Waals surface area contributed by atoms with E-state index in [0.29, 0.717) is 17.2 Å². The number of rotatable bonds is 7. The van der Waals surface area contributed by atoms with Crippen molar-refractivity contribution in [2.24, 2.45) is 5.41 Å². The summed E-state index contributed by atoms with van der Waals surface area (Å²) >= 11 is 1.41. The lowest BCUT2D eigenvalue weighted by Gasteiger charge is -2.50. The lowest BCUT2D eigenvalue weighted by atomic mass is 9.52. The van der Waals surface area contributed by atoms with Crippen LogP contribution in [-0.2, 0) is 11.2 Å². The second kappa shape index (κ2) is 10.7. The molecule has 2 amide bonds. The van der Waals surface area contributed by atoms with Crippen LogP contribution in [0.5, 0.6) is 0 Å². The molecule has 0 saturated carbocycles. The molecule has 0 saturated heterocycles. The summed E-state index contributed by atoms with van der Waals surface area (Å²) in [7, 11) is 0. The monoisotopic (exact) mass is 569 g/mol. The highest BCUT2D eigenvalue weighted by atomic mass is 32.1. The van der Waals surface area contributed by atoms with Crippen molar-refractivity contribution in [3.8, 4) is 11.3 Å². The predicted molar refractivity (Wildman–Crippen MR) is 168 cm³/mol. The number of anilines is 1. The Bertz CT molecular complexity index is 1750. The van der Waals surface area contributed by atoms with Gasteiger partial charge in [-0.1, -0.05) is 91.0 Å². The van der Waals surface area contributed by atoms with Gasteiger partial charge in [0, 0.05) is 34.9 Å². The van der Waals surface area contributed by atoms with E-state index < -0.39 is 5.41 Å². The number of nitrogens with zero attached hydrogens (tertiary/aromatic N) is 1. The van der Waals surface area contributed by atoms with E-state index >= 15 is 0 Å². The van der Waals surface area contributed by atoms with Crippen molar-refractivity contribution in [1.29, 1.82) is 0 Å². The maximum Gasteiger partial charge on any atom is 0.251 e. The van der Waals surface area contributed by atoms with E-state index in [-0.39, 0.29) is 23.7 Å². The first-order valence-electron chi connectivity index (χ1n) is 14.4. The second-order valence-corrected chi connectivity index (χ2v) is 12.3. The quantitative estimate of drug-likeness (QED) is 0.214. The van der Waals surface area contributed by atoms with E-state index in [1.54, 1.807) is 0 Å². The third kappa shape index (κ3) is 4.62. The minimum absolute atomic E-state index is 0.00560. The van der Waals surface area contributed by atoms with E-state index in [0.717, 1.165) is 24.1 Å². The van der Waals surface area contributed by atoms with Crippen LogP contribution in [0.4, 0.5) is 5.13 Å². The maximum absolute atomic E-state index is 14.0. The van der Waals surface area contributed by atoms with Gasteiger partial charge in [0.05, 0.1) is 11.1 Å². The van der Waals surface area contributed by atoms with Crippen LogP contribution in [0, 0.1) is 5.41 Å². The number of thiazole rings is 1. The summed E-state index contributed by atoms with van der Waals surface area (Å²) < 4.78 is 0. The lowest BCUT2D eigenvalue weighted by molar-refractivity contribution is -0.126. The van der Waals surface area contributed by atoms with Crippen molar-refractivity contribution < 1.29 is 9.59 Å². The highest BCUT2D eigenvalue weighted by Crippen LogP contribution is 2.61. The van der Waals surface area contributed by atoms with Gasteiger partial charge in [0.15, 0.2) is 5.13 Å². The molecule has 3 aliphatic carbocycles. The summed E-state index contributed by atoms with van der Waals surface area (Å²) in [5, 5.41) is 8.67. The molecule has 3 aliphatic rings. The van der Waals surface area contributed by atoms with Gasteiger partial charge in [-0.3, -0.25) is 9.59 Å². The summed E-state index contributed by atoms with van der Waals surface area (Å²) in [6.07, 6.45) is 1.54. The fraction of sp³-hybridized carbons (Fsp3) is 0.194. The van der Waals surface area contributed by atoms with Gasteiger partial charge < -0.3 is 10.6 Å². The molecule has 0 spiro atoms. The molecular weight excluding hydrogens is 538 g/mol. The van der Waals surface area contributed by atoms with Crippen molar-refractivity contribution in [3.05, 3.63) is 142 Å². The number of benzene rings is 4. The lowest BCUT2D eigenvalue weighted by Crippen LogP contribution is -2.47. The largest absolute Gasteiger partial charge is 0.352 e. The summed E-state index contributed by atoms with van der Waals surface area (Å²) in [5.74, 6) is 0.0735. The standard InChI is InChI=1S/C36H31N3O2S/c1-36(21-30-26-14-5-7-16-28(26)32(36)29-17-8-6-15-27(29)30)34(41)39-35-38-31(22-42-35)24-12-9-13-25(20-24)33(40)37-19-18-23-10-3-2-4-11-23/h2-17,20,22,30,32H,18-19,21H2,1H3,(H,37,40)(H,38,39,41). The van der Waals surface area contributed by atoms with Crippen molar-refractivity contribution in [2.45, 2.75) is 31.6 Å². The Morgan fingerprint density at radius 3 is 2.24 bits per heavy atom. The smallest absolute Gasteiger partial charge is 0.251 e. The SMILES string of the molecule is CC1(C(=O)Nc2nc(-c3cccc(C(=O)NCCc4ccccc4)c3)cs2)CC2c3ccccc3C1c1ccccc12. The van der Waals surface area contributed by atoms with Gasteiger partial charge in [-0.05, 0) is 59.7 Å². The Morgan fingerprint density at radius 1 is 0.857 bits per heavy atom. The predicted octanol–water partition coefficient (Wildman–Crippen LogP) is 7.41. The molecule has 0 radical (unpaired) electrons. The molecule has 1 atom stereocenters. The van der Waals surface area contributed by atoms with Crippen molar-refractivity contribution in [3.63, 3.8) is 0 Å². The van der Waals surface area contributed by atoms with Gasteiger partial charge in [-0.25, -0.2) is 4.98 Å². The molecule has 208 valence electrons. The number of hydrogen-bond donors (Lipinski definition) is 2. The highest BCUT2D eigenvalue weighted by Gasteiger charge is 2.54. The number of carbonyl (C=O) groups is 2. The number of amides is 2. The fourth-order valence-electron chi connectivity index (χ4n) is 6.78. The average molecular weight is 570 g/mol. The van der Waals surface area contributed by atoms with Crippen LogP contribution in [0.15, 0.2) is 109 Å². The van der Waals surface area contributed by atoms with Gasteiger partial charge in [-0.15, -0.1) is 11.3 Å². The summed E-state index contributed by atoms with van der Waals surface area (Å²) in [4.78, 5) is 31.6. The zero-order chi connectivity index (χ0) is 28.7. The number of carbonyl (C=O) groups excluding carboxylic acids is 2. The van der Waals surface area contributed by atoms with E-state index in [4.69, 9.17) is 4.98 Å². The Kier molecular flexibility index (Phi) is 6.71. The summed E-state index contributed by atoms with van der Waals surface area (Å²) in [5.41, 5.74) is 7.94. The maximum atomic E-state index is 14.0. The summed E-state index contributed by atoms with van der Waals surface area (Å²) in [6.45, 7) is 2.66. The van der Waals surface area contributed by atoms with Crippen molar-refractivity contribution in [1.82, 2.24) is 10.3 Å². The molecule has 0 fully saturated rings. The van der Waals surface area contributed by atoms with Crippen LogP contribution in [-0.4, -0.2) is 23.3 Å². The molecule has 2 bridgehead atoms. The molecule has 2 N–H and O–H groups in total. The summed E-state index contributed by atoms with van der Waals surface area (Å²) in [6, 6.07) is 34.7. The van der Waals surface area contributed by atoms with E-state index in [2.05, 4.69) is 78.2 Å². The number of fused-ring (bicyclic) bond motifs is 1. The molecule has 1 unspecified atom stereocenters. The zero-order valence-electron chi connectivity index (χ0n) is 23.3. The zero-order valence-corrected chi connectivity index (χ0v) is 24.2. The van der Waals surface area contributed by atoms with E-state index in [9.17, 15) is 9.59 Å². The first-order chi connectivity index (χ1) is 20.5. The van der Waals surface area contributed by atoms with Crippen LogP contribution < -0.4 is 10.6 Å². The van der Waals surface area contributed by atoms with Gasteiger partial charge in [-0.2, -0.15) is 0 Å². The first-order valence-corrected chi connectivity index (χ1v) is 15.3. The normalized spacial score (nSPS) is 19.9. The van der Waals surface area contributed by atoms with E-state index in [1.165, 1.54) is 39.2 Å². The van der Waals surface area contributed by atoms with E-state index in [1.807, 2.05) is 47.8 Å². The van der Waals surface area contributed by atoms with Crippen LogP contribution in [0.1, 0.15) is 63.4 Å². The molecule has 4 aromatic carbocycles. The number of aromatic nitrogens is 1. The van der Waals surface area contributed by atoms with Gasteiger partial charge in [0.25, 0.3) is 5.91 Å². The highest BCUT2D eigenvalue weighted by molar-refractivity contribution is 7.14. The van der Waals surface area contributed by atoms with Crippen LogP contribution in [0.3, 0.4) is 0 Å². The third-order valence-electron chi connectivity index (χ3n) is 8.84. The molecule has 5 aromatic rings. The van der Waals surface area contributed by atoms with Crippen molar-refractivity contribution in [2.75, 3.05) is 11.9 Å². The minimum Gasteiger partial charge on any atom is -0.352 e. The Morgan fingerprint density at radius 2 is 1.52 bits per heavy atom. The fourth-order valence-corrected chi connectivity index (χ4v) is 7.49. The molecule has 1 heterocycles. The first kappa shape index (κ1) is 26.4. The molecule has 6 heteroatoms. The van der Waals surface area contributed by atoms with Crippen LogP contribution >= 0.6 is 11.3 Å². The van der Waals surface area contributed by atoms with Crippen molar-refractivity contribution >= 4 is 28.3 Å². The molecule has 42 heavy (non-hydrogen) atoms. The van der Waals surface area contributed by atoms with Crippen LogP contribution in [0.25, 0.3) is 11.3 Å². The number of nitrogens with one attached hydrogen (secondary N) is 2. The molecule has 1 aromatic heterocycles. The van der Waals surface area contributed by atoms with Crippen LogP contribution in [0.2, 0.25) is 0 Å². The molecule has 5 nitrogen and oxygen atoms in total. The Labute approximate surface area is 249 Å². The molecular formula is C36H31N3O2S. The number of hydrogen-bond acceptors (Lipinski definition) is 4. The molecule has 0 aliphatic heterocycles. The Balaban J connectivity index is 1.07. The second-order valence-electron chi connectivity index (χ2n) is 11.4. The molecule has 8 rings (SSSR count). The van der Waals surface area contributed by atoms with Gasteiger partial charge in [0.2, 0.25) is 5.91 Å². The topological polar surface area (TPSA) is 71.1 Å². The Hall–Kier alpha value is -4.55. The average Bonchev–Trinajstić information content (AvgIpc) is 3.50. The van der Waals surface area contributed by atoms with Gasteiger partial charge in [0.1, 0.15) is 0 Å².